The molecule has 0 saturated carbocycles. The molecule has 2 fully saturated rings. The number of hydrogen-bond acceptors (Lipinski definition) is 5. The molecule has 7 nitrogen and oxygen atoms in total. The molecular weight excluding hydrogens is 414 g/mol. The highest BCUT2D eigenvalue weighted by Gasteiger charge is 2.33. The summed E-state index contributed by atoms with van der Waals surface area (Å²) < 4.78 is 0. The molecule has 2 aliphatic rings. The summed E-state index contributed by atoms with van der Waals surface area (Å²) in [5.74, 6) is 1.21. The van der Waals surface area contributed by atoms with Gasteiger partial charge in [0.1, 0.15) is 0 Å². The molecule has 2 saturated heterocycles. The first kappa shape index (κ1) is 21.1. The second-order valence-corrected chi connectivity index (χ2v) is 8.85. The number of nitrogens with one attached hydrogen (secondary N) is 1. The maximum absolute atomic E-state index is 12.7. The standard InChI is InChI=1S/C26H27N5O2/c1-18-5-2-3-6-23(18)26(33)31-16-21(17-31)19-8-10-22(11-9-19)28-25(32)20-12-14-30(15-20)24-7-4-13-27-29-24/h2-11,13,20-21H,12,14-17H2,1H3,(H,28,32)/t20-/m0/s1. The summed E-state index contributed by atoms with van der Waals surface area (Å²) in [4.78, 5) is 29.4. The molecule has 1 aromatic heterocycles. The molecule has 33 heavy (non-hydrogen) atoms. The Morgan fingerprint density at radius 3 is 2.48 bits per heavy atom. The Balaban J connectivity index is 1.13. The largest absolute Gasteiger partial charge is 0.354 e. The first-order valence-corrected chi connectivity index (χ1v) is 11.4. The topological polar surface area (TPSA) is 78.4 Å². The molecule has 0 unspecified atom stereocenters. The van der Waals surface area contributed by atoms with Crippen molar-refractivity contribution in [3.8, 4) is 0 Å². The predicted molar refractivity (Wildman–Crippen MR) is 127 cm³/mol. The fourth-order valence-electron chi connectivity index (χ4n) is 4.57. The van der Waals surface area contributed by atoms with Gasteiger partial charge in [-0.3, -0.25) is 9.59 Å². The van der Waals surface area contributed by atoms with Crippen LogP contribution in [0.2, 0.25) is 0 Å². The molecule has 1 N–H and O–H groups in total. The van der Waals surface area contributed by atoms with E-state index < -0.39 is 0 Å². The molecule has 7 heteroatoms. The van der Waals surface area contributed by atoms with E-state index in [9.17, 15) is 9.59 Å². The minimum Gasteiger partial charge on any atom is -0.354 e. The third-order valence-electron chi connectivity index (χ3n) is 6.64. The Kier molecular flexibility index (Phi) is 5.77. The minimum absolute atomic E-state index is 0.0350. The van der Waals surface area contributed by atoms with Crippen LogP contribution >= 0.6 is 0 Å². The van der Waals surface area contributed by atoms with Crippen molar-refractivity contribution in [2.24, 2.45) is 5.92 Å². The van der Waals surface area contributed by atoms with E-state index in [1.807, 2.05) is 60.4 Å². The van der Waals surface area contributed by atoms with Crippen LogP contribution in [0, 0.1) is 12.8 Å². The smallest absolute Gasteiger partial charge is 0.254 e. The lowest BCUT2D eigenvalue weighted by atomic mass is 9.90. The maximum atomic E-state index is 12.7. The van der Waals surface area contributed by atoms with Gasteiger partial charge in [-0.1, -0.05) is 30.3 Å². The summed E-state index contributed by atoms with van der Waals surface area (Å²) in [7, 11) is 0. The molecule has 5 rings (SSSR count). The Hall–Kier alpha value is -3.74. The summed E-state index contributed by atoms with van der Waals surface area (Å²) in [6.07, 6.45) is 2.45. The third kappa shape index (κ3) is 4.44. The van der Waals surface area contributed by atoms with Crippen LogP contribution in [0.3, 0.4) is 0 Å². The molecule has 3 aromatic rings. The van der Waals surface area contributed by atoms with Crippen LogP contribution in [-0.2, 0) is 4.79 Å². The van der Waals surface area contributed by atoms with Crippen LogP contribution in [0.25, 0.3) is 0 Å². The molecule has 1 atom stereocenters. The first-order chi connectivity index (χ1) is 16.1. The van der Waals surface area contributed by atoms with E-state index in [0.717, 1.165) is 48.7 Å². The molecule has 168 valence electrons. The van der Waals surface area contributed by atoms with Gasteiger partial charge >= 0.3 is 0 Å². The number of aryl methyl sites for hydroxylation is 1. The zero-order valence-electron chi connectivity index (χ0n) is 18.6. The fourth-order valence-corrected chi connectivity index (χ4v) is 4.57. The van der Waals surface area contributed by atoms with Gasteiger partial charge in [0.05, 0.1) is 5.92 Å². The number of nitrogens with zero attached hydrogens (tertiary/aromatic N) is 4. The van der Waals surface area contributed by atoms with E-state index in [2.05, 4.69) is 32.5 Å². The molecular formula is C26H27N5O2. The van der Waals surface area contributed by atoms with Gasteiger partial charge in [0, 0.05) is 49.5 Å². The highest BCUT2D eigenvalue weighted by Crippen LogP contribution is 2.30. The second-order valence-electron chi connectivity index (χ2n) is 8.85. The maximum Gasteiger partial charge on any atom is 0.254 e. The Morgan fingerprint density at radius 1 is 0.970 bits per heavy atom. The molecule has 3 heterocycles. The highest BCUT2D eigenvalue weighted by molar-refractivity contribution is 5.96. The van der Waals surface area contributed by atoms with Gasteiger partial charge in [0.2, 0.25) is 5.91 Å². The number of benzene rings is 2. The molecule has 0 aliphatic carbocycles. The number of aromatic nitrogens is 2. The zero-order valence-corrected chi connectivity index (χ0v) is 18.6. The van der Waals surface area contributed by atoms with Gasteiger partial charge in [0.25, 0.3) is 5.91 Å². The molecule has 0 radical (unpaired) electrons. The average molecular weight is 442 g/mol. The van der Waals surface area contributed by atoms with E-state index in [1.165, 1.54) is 5.56 Å². The van der Waals surface area contributed by atoms with Gasteiger partial charge in [-0.15, -0.1) is 5.10 Å². The van der Waals surface area contributed by atoms with Crippen molar-refractivity contribution >= 4 is 23.3 Å². The summed E-state index contributed by atoms with van der Waals surface area (Å²) in [6.45, 7) is 4.86. The SMILES string of the molecule is Cc1ccccc1C(=O)N1CC(c2ccc(NC(=O)[C@H]3CCN(c4cccnn4)C3)cc2)C1. The predicted octanol–water partition coefficient (Wildman–Crippen LogP) is 3.49. The van der Waals surface area contributed by atoms with Crippen molar-refractivity contribution < 1.29 is 9.59 Å². The van der Waals surface area contributed by atoms with Crippen molar-refractivity contribution in [2.75, 3.05) is 36.4 Å². The van der Waals surface area contributed by atoms with Gasteiger partial charge in [-0.2, -0.15) is 5.10 Å². The normalized spacial score (nSPS) is 18.2. The summed E-state index contributed by atoms with van der Waals surface area (Å²) in [5, 5.41) is 11.1. The quantitative estimate of drug-likeness (QED) is 0.656. The van der Waals surface area contributed by atoms with Crippen molar-refractivity contribution in [3.63, 3.8) is 0 Å². The van der Waals surface area contributed by atoms with E-state index in [4.69, 9.17) is 0 Å². The van der Waals surface area contributed by atoms with Crippen LogP contribution in [0.5, 0.6) is 0 Å². The van der Waals surface area contributed by atoms with E-state index in [-0.39, 0.29) is 17.7 Å². The minimum atomic E-state index is -0.0701. The van der Waals surface area contributed by atoms with Crippen LogP contribution in [-0.4, -0.2) is 53.1 Å². The third-order valence-corrected chi connectivity index (χ3v) is 6.64. The van der Waals surface area contributed by atoms with E-state index in [1.54, 1.807) is 6.20 Å². The van der Waals surface area contributed by atoms with Crippen LogP contribution in [0.4, 0.5) is 11.5 Å². The number of hydrogen-bond donors (Lipinski definition) is 1. The van der Waals surface area contributed by atoms with Crippen molar-refractivity contribution in [1.29, 1.82) is 0 Å². The number of carbonyl (C=O) groups is 2. The van der Waals surface area contributed by atoms with Gasteiger partial charge in [0.15, 0.2) is 5.82 Å². The van der Waals surface area contributed by atoms with Crippen molar-refractivity contribution in [3.05, 3.63) is 83.6 Å². The van der Waals surface area contributed by atoms with E-state index in [0.29, 0.717) is 12.5 Å². The Labute approximate surface area is 193 Å². The number of rotatable bonds is 5. The number of amides is 2. The lowest BCUT2D eigenvalue weighted by molar-refractivity contribution is -0.119. The van der Waals surface area contributed by atoms with Crippen molar-refractivity contribution in [2.45, 2.75) is 19.3 Å². The van der Waals surface area contributed by atoms with E-state index >= 15 is 0 Å². The Bertz CT molecular complexity index is 1140. The monoisotopic (exact) mass is 441 g/mol. The van der Waals surface area contributed by atoms with Crippen molar-refractivity contribution in [1.82, 2.24) is 15.1 Å². The Morgan fingerprint density at radius 2 is 1.76 bits per heavy atom. The first-order valence-electron chi connectivity index (χ1n) is 11.4. The lowest BCUT2D eigenvalue weighted by Crippen LogP contribution is -2.48. The molecule has 2 aromatic carbocycles. The van der Waals surface area contributed by atoms with Crippen LogP contribution in [0.15, 0.2) is 66.9 Å². The molecule has 0 spiro atoms. The lowest BCUT2D eigenvalue weighted by Gasteiger charge is -2.40. The number of likely N-dealkylation sites (tertiary alicyclic amines) is 1. The van der Waals surface area contributed by atoms with Gasteiger partial charge in [-0.25, -0.2) is 0 Å². The second kappa shape index (κ2) is 9.02. The molecule has 0 bridgehead atoms. The summed E-state index contributed by atoms with van der Waals surface area (Å²) >= 11 is 0. The van der Waals surface area contributed by atoms with Gasteiger partial charge in [-0.05, 0) is 54.8 Å². The average Bonchev–Trinajstić information content (AvgIpc) is 3.31. The summed E-state index contributed by atoms with van der Waals surface area (Å²) in [6, 6.07) is 19.5. The zero-order chi connectivity index (χ0) is 22.8. The van der Waals surface area contributed by atoms with Crippen LogP contribution < -0.4 is 10.2 Å². The molecule has 2 aliphatic heterocycles. The number of carbonyl (C=O) groups excluding carboxylic acids is 2. The summed E-state index contributed by atoms with van der Waals surface area (Å²) in [5.41, 5.74) is 3.78. The highest BCUT2D eigenvalue weighted by atomic mass is 16.2. The van der Waals surface area contributed by atoms with Crippen LogP contribution in [0.1, 0.15) is 33.8 Å². The van der Waals surface area contributed by atoms with Gasteiger partial charge < -0.3 is 15.1 Å². The number of anilines is 2. The molecule has 2 amide bonds. The fraction of sp³-hybridized carbons (Fsp3) is 0.308.